The molecular weight excluding hydrogens is 473 g/mol. The van der Waals surface area contributed by atoms with Gasteiger partial charge in [-0.1, -0.05) is 0 Å². The molecular formula is C25H25F3N6O2. The van der Waals surface area contributed by atoms with E-state index in [0.717, 1.165) is 11.6 Å². The fraction of sp³-hybridized carbons (Fsp3) is 0.360. The first-order valence-electron chi connectivity index (χ1n) is 11.4. The van der Waals surface area contributed by atoms with E-state index in [9.17, 15) is 18.0 Å². The number of fused-ring (bicyclic) bond motifs is 1. The predicted octanol–water partition coefficient (Wildman–Crippen LogP) is 3.81. The van der Waals surface area contributed by atoms with E-state index in [1.165, 1.54) is 4.57 Å². The maximum atomic E-state index is 14.9. The van der Waals surface area contributed by atoms with Gasteiger partial charge < -0.3 is 9.64 Å². The van der Waals surface area contributed by atoms with Crippen LogP contribution in [-0.4, -0.2) is 43.0 Å². The van der Waals surface area contributed by atoms with Gasteiger partial charge in [-0.15, -0.1) is 0 Å². The van der Waals surface area contributed by atoms with Crippen LogP contribution in [0.1, 0.15) is 31.3 Å². The van der Waals surface area contributed by atoms with Crippen molar-refractivity contribution in [1.82, 2.24) is 24.3 Å². The highest BCUT2D eigenvalue weighted by molar-refractivity contribution is 5.93. The minimum absolute atomic E-state index is 0.0399. The maximum Gasteiger partial charge on any atom is 0.261 e. The molecule has 0 N–H and O–H groups in total. The van der Waals surface area contributed by atoms with E-state index in [2.05, 4.69) is 15.1 Å². The van der Waals surface area contributed by atoms with Crippen LogP contribution in [-0.2, 0) is 18.8 Å². The number of halogens is 3. The van der Waals surface area contributed by atoms with Crippen molar-refractivity contribution in [3.63, 3.8) is 0 Å². The molecule has 0 unspecified atom stereocenters. The number of hydrogen-bond donors (Lipinski definition) is 0. The standard InChI is InChI=1S/C25H25F3N6O2/c1-13-30-23-16(24(35)33(13)5)7-21(31-22(23)15-6-18(27)19(28)8-17(15)26)34-11-20(36-25(2,3)12-34)14-9-29-32(4)10-14/h6-10,20H,11-12H2,1-5H3/t20-/m0/s1. The third-order valence-corrected chi connectivity index (χ3v) is 6.38. The first-order valence-corrected chi connectivity index (χ1v) is 11.4. The Bertz CT molecular complexity index is 1560. The Labute approximate surface area is 205 Å². The van der Waals surface area contributed by atoms with Gasteiger partial charge >= 0.3 is 0 Å². The van der Waals surface area contributed by atoms with E-state index in [1.54, 1.807) is 30.9 Å². The van der Waals surface area contributed by atoms with E-state index >= 15 is 0 Å². The van der Waals surface area contributed by atoms with E-state index < -0.39 is 23.1 Å². The Morgan fingerprint density at radius 1 is 1.06 bits per heavy atom. The van der Waals surface area contributed by atoms with E-state index in [1.807, 2.05) is 32.0 Å². The van der Waals surface area contributed by atoms with Crippen molar-refractivity contribution in [2.45, 2.75) is 32.5 Å². The molecule has 11 heteroatoms. The van der Waals surface area contributed by atoms with Crippen LogP contribution in [0.4, 0.5) is 19.0 Å². The molecule has 3 aromatic heterocycles. The molecule has 1 aliphatic rings. The van der Waals surface area contributed by atoms with Crippen molar-refractivity contribution in [3.05, 3.63) is 69.8 Å². The molecule has 1 fully saturated rings. The van der Waals surface area contributed by atoms with Crippen molar-refractivity contribution in [1.29, 1.82) is 0 Å². The summed E-state index contributed by atoms with van der Waals surface area (Å²) in [6.07, 6.45) is 3.24. The minimum Gasteiger partial charge on any atom is -0.364 e. The first kappa shape index (κ1) is 24.0. The van der Waals surface area contributed by atoms with Gasteiger partial charge in [-0.2, -0.15) is 5.10 Å². The SMILES string of the molecule is Cc1nc2c(-c3cc(F)c(F)cc3F)nc(N3C[C@@H](c4cnn(C)c4)OC(C)(C)C3)cc2c(=O)n1C. The Kier molecular flexibility index (Phi) is 5.62. The molecule has 1 atom stereocenters. The van der Waals surface area contributed by atoms with E-state index in [0.29, 0.717) is 30.8 Å². The summed E-state index contributed by atoms with van der Waals surface area (Å²) in [6, 6.07) is 2.81. The lowest BCUT2D eigenvalue weighted by molar-refractivity contribution is -0.0857. The zero-order chi connectivity index (χ0) is 25.9. The highest BCUT2D eigenvalue weighted by Crippen LogP contribution is 2.36. The lowest BCUT2D eigenvalue weighted by Crippen LogP contribution is -2.50. The largest absolute Gasteiger partial charge is 0.364 e. The Morgan fingerprint density at radius 3 is 2.47 bits per heavy atom. The van der Waals surface area contributed by atoms with Gasteiger partial charge in [-0.25, -0.2) is 23.1 Å². The molecule has 0 bridgehead atoms. The molecule has 36 heavy (non-hydrogen) atoms. The molecule has 0 aliphatic carbocycles. The molecule has 0 amide bonds. The van der Waals surface area contributed by atoms with Crippen molar-refractivity contribution in [2.75, 3.05) is 18.0 Å². The molecule has 0 radical (unpaired) electrons. The van der Waals surface area contributed by atoms with Crippen LogP contribution in [0.3, 0.4) is 0 Å². The van der Waals surface area contributed by atoms with Crippen LogP contribution in [0.5, 0.6) is 0 Å². The zero-order valence-electron chi connectivity index (χ0n) is 20.5. The molecule has 4 aromatic rings. The van der Waals surface area contributed by atoms with Gasteiger partial charge in [0, 0.05) is 44.0 Å². The summed E-state index contributed by atoms with van der Waals surface area (Å²) >= 11 is 0. The molecule has 1 aliphatic heterocycles. The van der Waals surface area contributed by atoms with Gasteiger partial charge in [0.15, 0.2) is 11.6 Å². The third-order valence-electron chi connectivity index (χ3n) is 6.38. The lowest BCUT2D eigenvalue weighted by Gasteiger charge is -2.43. The molecule has 1 aromatic carbocycles. The van der Waals surface area contributed by atoms with E-state index in [4.69, 9.17) is 4.74 Å². The molecule has 0 saturated carbocycles. The van der Waals surface area contributed by atoms with Crippen LogP contribution in [0, 0.1) is 24.4 Å². The molecule has 4 heterocycles. The highest BCUT2D eigenvalue weighted by atomic mass is 19.2. The molecule has 188 valence electrons. The smallest absolute Gasteiger partial charge is 0.261 e. The number of pyridine rings is 1. The molecule has 8 nitrogen and oxygen atoms in total. The summed E-state index contributed by atoms with van der Waals surface area (Å²) in [7, 11) is 3.39. The van der Waals surface area contributed by atoms with Crippen molar-refractivity contribution in [3.8, 4) is 11.3 Å². The van der Waals surface area contributed by atoms with Gasteiger partial charge in [0.2, 0.25) is 0 Å². The molecule has 5 rings (SSSR count). The summed E-state index contributed by atoms with van der Waals surface area (Å²) in [5.74, 6) is -2.80. The lowest BCUT2D eigenvalue weighted by atomic mass is 10.0. The van der Waals surface area contributed by atoms with Crippen molar-refractivity contribution in [2.24, 2.45) is 14.1 Å². The Hall–Kier alpha value is -3.73. The summed E-state index contributed by atoms with van der Waals surface area (Å²) in [5, 5.41) is 4.42. The first-order chi connectivity index (χ1) is 16.9. The van der Waals surface area contributed by atoms with Gasteiger partial charge in [-0.3, -0.25) is 14.0 Å². The monoisotopic (exact) mass is 498 g/mol. The number of aryl methyl sites for hydroxylation is 2. The fourth-order valence-electron chi connectivity index (χ4n) is 4.56. The van der Waals surface area contributed by atoms with Crippen LogP contribution in [0.15, 0.2) is 35.4 Å². The zero-order valence-corrected chi connectivity index (χ0v) is 20.5. The van der Waals surface area contributed by atoms with Crippen LogP contribution >= 0.6 is 0 Å². The summed E-state index contributed by atoms with van der Waals surface area (Å²) in [5.41, 5.74) is -0.295. The highest BCUT2D eigenvalue weighted by Gasteiger charge is 2.36. The Balaban J connectivity index is 1.73. The second-order valence-electron chi connectivity index (χ2n) is 9.69. The molecule has 0 spiro atoms. The van der Waals surface area contributed by atoms with Crippen molar-refractivity contribution < 1.29 is 17.9 Å². The second-order valence-corrected chi connectivity index (χ2v) is 9.69. The van der Waals surface area contributed by atoms with Gasteiger partial charge in [0.1, 0.15) is 34.8 Å². The number of rotatable bonds is 3. The second kappa shape index (κ2) is 8.44. The topological polar surface area (TPSA) is 78.1 Å². The van der Waals surface area contributed by atoms with Gasteiger partial charge in [0.25, 0.3) is 5.56 Å². The minimum atomic E-state index is -1.31. The number of morpholine rings is 1. The predicted molar refractivity (Wildman–Crippen MR) is 128 cm³/mol. The summed E-state index contributed by atoms with van der Waals surface area (Å²) < 4.78 is 52.1. The quantitative estimate of drug-likeness (QED) is 0.400. The summed E-state index contributed by atoms with van der Waals surface area (Å²) in [4.78, 5) is 24.2. The Morgan fingerprint density at radius 2 is 1.78 bits per heavy atom. The van der Waals surface area contributed by atoms with Crippen LogP contribution in [0.2, 0.25) is 0 Å². The van der Waals surface area contributed by atoms with Crippen LogP contribution in [0.25, 0.3) is 22.2 Å². The summed E-state index contributed by atoms with van der Waals surface area (Å²) in [6.45, 7) is 6.30. The third kappa shape index (κ3) is 4.13. The van der Waals surface area contributed by atoms with Gasteiger partial charge in [0.05, 0.1) is 23.7 Å². The van der Waals surface area contributed by atoms with Crippen molar-refractivity contribution >= 4 is 16.7 Å². The number of ether oxygens (including phenoxy) is 1. The normalized spacial score (nSPS) is 17.7. The number of hydrogen-bond acceptors (Lipinski definition) is 6. The number of aromatic nitrogens is 5. The van der Waals surface area contributed by atoms with E-state index in [-0.39, 0.29) is 33.8 Å². The van der Waals surface area contributed by atoms with Gasteiger partial charge in [-0.05, 0) is 32.9 Å². The average molecular weight is 499 g/mol. The number of benzene rings is 1. The van der Waals surface area contributed by atoms with Crippen LogP contribution < -0.4 is 10.5 Å². The number of anilines is 1. The maximum absolute atomic E-state index is 14.9. The number of nitrogens with zero attached hydrogens (tertiary/aromatic N) is 6. The molecule has 1 saturated heterocycles. The fourth-order valence-corrected chi connectivity index (χ4v) is 4.56. The average Bonchev–Trinajstić information content (AvgIpc) is 3.25.